The van der Waals surface area contributed by atoms with Crippen LogP contribution in [0.2, 0.25) is 0 Å². The number of sulfone groups is 1. The van der Waals surface area contributed by atoms with Gasteiger partial charge in [-0.2, -0.15) is 0 Å². The van der Waals surface area contributed by atoms with Gasteiger partial charge >= 0.3 is 0 Å². The minimum Gasteiger partial charge on any atom is -0.377 e. The maximum Gasteiger partial charge on any atom is 0.172 e. The smallest absolute Gasteiger partial charge is 0.172 e. The Kier molecular flexibility index (Phi) is 5.13. The van der Waals surface area contributed by atoms with E-state index in [-0.39, 0.29) is 23.4 Å². The highest BCUT2D eigenvalue weighted by molar-refractivity contribution is 7.91. The van der Waals surface area contributed by atoms with Crippen molar-refractivity contribution in [1.82, 2.24) is 0 Å². The third-order valence-electron chi connectivity index (χ3n) is 3.12. The molecule has 0 bridgehead atoms. The van der Waals surface area contributed by atoms with Gasteiger partial charge in [-0.3, -0.25) is 4.79 Å². The van der Waals surface area contributed by atoms with Gasteiger partial charge in [-0.05, 0) is 30.7 Å². The molecule has 1 aromatic rings. The van der Waals surface area contributed by atoms with Crippen LogP contribution in [0, 0.1) is 0 Å². The van der Waals surface area contributed by atoms with E-state index in [0.29, 0.717) is 24.3 Å². The molecule has 0 radical (unpaired) electrons. The Balaban J connectivity index is 1.73. The average molecular weight is 302 g/mol. The zero-order valence-corrected chi connectivity index (χ0v) is 12.3. The summed E-state index contributed by atoms with van der Waals surface area (Å²) >= 11 is 1.40. The molecule has 0 spiro atoms. The van der Waals surface area contributed by atoms with Gasteiger partial charge in [0.15, 0.2) is 15.6 Å². The monoisotopic (exact) mass is 302 g/mol. The number of Topliss-reactive ketones (excluding diaryl/α,β-unsaturated/α-hetero) is 1. The van der Waals surface area contributed by atoms with E-state index in [0.717, 1.165) is 12.8 Å². The number of hydrogen-bond donors (Lipinski definition) is 0. The van der Waals surface area contributed by atoms with Crippen molar-refractivity contribution < 1.29 is 17.9 Å². The molecule has 0 N–H and O–H groups in total. The lowest BCUT2D eigenvalue weighted by molar-refractivity contribution is 0.0986. The van der Waals surface area contributed by atoms with Crippen LogP contribution < -0.4 is 0 Å². The molecule has 2 rings (SSSR count). The topological polar surface area (TPSA) is 60.4 Å². The van der Waals surface area contributed by atoms with Crippen molar-refractivity contribution >= 4 is 27.0 Å². The van der Waals surface area contributed by atoms with E-state index in [1.54, 1.807) is 6.07 Å². The third-order valence-corrected chi connectivity index (χ3v) is 5.82. The molecular formula is C13H18O4S2. The van der Waals surface area contributed by atoms with Gasteiger partial charge in [0.2, 0.25) is 0 Å². The molecule has 6 heteroatoms. The molecule has 0 aliphatic carbocycles. The summed E-state index contributed by atoms with van der Waals surface area (Å²) < 4.78 is 29.1. The number of ether oxygens (including phenoxy) is 1. The van der Waals surface area contributed by atoms with Crippen LogP contribution >= 0.6 is 11.3 Å². The fourth-order valence-electron chi connectivity index (χ4n) is 2.16. The maximum absolute atomic E-state index is 11.9. The van der Waals surface area contributed by atoms with Crippen LogP contribution in [0.1, 0.15) is 35.4 Å². The van der Waals surface area contributed by atoms with Crippen LogP contribution in [-0.4, -0.2) is 38.4 Å². The Morgan fingerprint density at radius 2 is 2.32 bits per heavy atom. The van der Waals surface area contributed by atoms with Gasteiger partial charge in [0, 0.05) is 13.0 Å². The van der Waals surface area contributed by atoms with Crippen molar-refractivity contribution in [2.24, 2.45) is 0 Å². The number of ketones is 1. The summed E-state index contributed by atoms with van der Waals surface area (Å²) in [4.78, 5) is 12.4. The van der Waals surface area contributed by atoms with E-state index in [1.807, 2.05) is 11.4 Å². The lowest BCUT2D eigenvalue weighted by Crippen LogP contribution is -2.22. The molecule has 106 valence electrons. The average Bonchev–Trinajstić information content (AvgIpc) is 2.99. The van der Waals surface area contributed by atoms with Crippen LogP contribution in [0.5, 0.6) is 0 Å². The summed E-state index contributed by atoms with van der Waals surface area (Å²) in [6.45, 7) is 0.664. The number of thiophene rings is 1. The Morgan fingerprint density at radius 1 is 1.47 bits per heavy atom. The van der Waals surface area contributed by atoms with E-state index in [4.69, 9.17) is 4.74 Å². The minimum atomic E-state index is -3.10. The van der Waals surface area contributed by atoms with Crippen molar-refractivity contribution in [1.29, 1.82) is 0 Å². The van der Waals surface area contributed by atoms with Gasteiger partial charge in [0.05, 0.1) is 22.5 Å². The molecule has 4 nitrogen and oxygen atoms in total. The van der Waals surface area contributed by atoms with Crippen LogP contribution in [0.15, 0.2) is 17.5 Å². The highest BCUT2D eigenvalue weighted by atomic mass is 32.2. The summed E-state index contributed by atoms with van der Waals surface area (Å²) in [5.74, 6) is 0.201. The van der Waals surface area contributed by atoms with Crippen molar-refractivity contribution in [3.05, 3.63) is 22.4 Å². The Bertz CT molecular complexity index is 499. The molecule has 1 unspecified atom stereocenters. The molecule has 0 saturated carbocycles. The van der Waals surface area contributed by atoms with Gasteiger partial charge in [-0.15, -0.1) is 11.3 Å². The van der Waals surface area contributed by atoms with Gasteiger partial charge in [0.1, 0.15) is 0 Å². The highest BCUT2D eigenvalue weighted by Gasteiger charge is 2.23. The molecule has 2 heterocycles. The number of carbonyl (C=O) groups is 1. The van der Waals surface area contributed by atoms with Crippen LogP contribution in [-0.2, 0) is 14.6 Å². The van der Waals surface area contributed by atoms with Crippen LogP contribution in [0.25, 0.3) is 0 Å². The quantitative estimate of drug-likeness (QED) is 0.725. The van der Waals surface area contributed by atoms with E-state index >= 15 is 0 Å². The lowest BCUT2D eigenvalue weighted by Gasteiger charge is -2.09. The predicted molar refractivity (Wildman–Crippen MR) is 75.5 cm³/mol. The maximum atomic E-state index is 11.9. The summed E-state index contributed by atoms with van der Waals surface area (Å²) in [5.41, 5.74) is 0. The number of carbonyl (C=O) groups excluding carboxylic acids is 1. The van der Waals surface area contributed by atoms with Gasteiger partial charge < -0.3 is 4.74 Å². The Hall–Kier alpha value is -0.720. The SMILES string of the molecule is O=C(CCCS(=O)(=O)CC1CCCO1)c1cccs1. The molecule has 0 amide bonds. The molecule has 0 aromatic carbocycles. The Morgan fingerprint density at radius 3 is 2.95 bits per heavy atom. The van der Waals surface area contributed by atoms with Gasteiger partial charge in [0.25, 0.3) is 0 Å². The second-order valence-corrected chi connectivity index (χ2v) is 7.93. The standard InChI is InChI=1S/C13H18O4S2/c14-12(13-6-2-8-18-13)5-3-9-19(15,16)10-11-4-1-7-17-11/h2,6,8,11H,1,3-5,7,9-10H2. The first-order chi connectivity index (χ1) is 9.07. The van der Waals surface area contributed by atoms with Crippen molar-refractivity contribution in [2.45, 2.75) is 31.8 Å². The van der Waals surface area contributed by atoms with Crippen molar-refractivity contribution in [3.63, 3.8) is 0 Å². The Labute approximate surface area is 117 Å². The van der Waals surface area contributed by atoms with Crippen molar-refractivity contribution in [3.8, 4) is 0 Å². The molecule has 1 aliphatic rings. The minimum absolute atomic E-state index is 0.0299. The largest absolute Gasteiger partial charge is 0.377 e. The first-order valence-electron chi connectivity index (χ1n) is 6.45. The molecule has 1 saturated heterocycles. The summed E-state index contributed by atoms with van der Waals surface area (Å²) in [5, 5.41) is 1.85. The number of hydrogen-bond acceptors (Lipinski definition) is 5. The molecule has 19 heavy (non-hydrogen) atoms. The second-order valence-electron chi connectivity index (χ2n) is 4.75. The molecule has 1 fully saturated rings. The first kappa shape index (κ1) is 14.7. The highest BCUT2D eigenvalue weighted by Crippen LogP contribution is 2.16. The molecular weight excluding hydrogens is 284 g/mol. The van der Waals surface area contributed by atoms with E-state index in [1.165, 1.54) is 11.3 Å². The van der Waals surface area contributed by atoms with Gasteiger partial charge in [-0.25, -0.2) is 8.42 Å². The first-order valence-corrected chi connectivity index (χ1v) is 9.16. The van der Waals surface area contributed by atoms with Crippen LogP contribution in [0.3, 0.4) is 0 Å². The summed E-state index contributed by atoms with van der Waals surface area (Å²) in [7, 11) is -3.10. The van der Waals surface area contributed by atoms with Gasteiger partial charge in [-0.1, -0.05) is 6.07 Å². The van der Waals surface area contributed by atoms with Crippen molar-refractivity contribution in [2.75, 3.05) is 18.1 Å². The van der Waals surface area contributed by atoms with Crippen LogP contribution in [0.4, 0.5) is 0 Å². The number of rotatable bonds is 7. The molecule has 1 aromatic heterocycles. The van der Waals surface area contributed by atoms with E-state index in [2.05, 4.69) is 0 Å². The van der Waals surface area contributed by atoms with E-state index in [9.17, 15) is 13.2 Å². The second kappa shape index (κ2) is 6.63. The fourth-order valence-corrected chi connectivity index (χ4v) is 4.43. The zero-order chi connectivity index (χ0) is 13.7. The lowest BCUT2D eigenvalue weighted by atomic mass is 10.2. The summed E-state index contributed by atoms with van der Waals surface area (Å²) in [6, 6.07) is 3.60. The predicted octanol–water partition coefficient (Wildman–Crippen LogP) is 2.30. The summed E-state index contributed by atoms with van der Waals surface area (Å²) in [6.07, 6.45) is 2.32. The van der Waals surface area contributed by atoms with E-state index < -0.39 is 9.84 Å². The molecule has 1 atom stereocenters. The molecule has 1 aliphatic heterocycles. The fraction of sp³-hybridized carbons (Fsp3) is 0.615. The normalized spacial score (nSPS) is 19.7. The zero-order valence-electron chi connectivity index (χ0n) is 10.7. The third kappa shape index (κ3) is 4.71.